The quantitative estimate of drug-likeness (QED) is 0.704. The van der Waals surface area contributed by atoms with E-state index in [0.29, 0.717) is 23.9 Å². The average molecular weight is 366 g/mol. The first kappa shape index (κ1) is 17.2. The van der Waals surface area contributed by atoms with E-state index >= 15 is 0 Å². The van der Waals surface area contributed by atoms with Crippen LogP contribution in [0.3, 0.4) is 0 Å². The maximum absolute atomic E-state index is 13.2. The molecule has 1 saturated heterocycles. The molecule has 0 N–H and O–H groups in total. The van der Waals surface area contributed by atoms with Crippen molar-refractivity contribution >= 4 is 20.8 Å². The van der Waals surface area contributed by atoms with Crippen LogP contribution in [0.25, 0.3) is 10.8 Å². The molecule has 0 radical (unpaired) electrons. The number of pyridine rings is 1. The Morgan fingerprint density at radius 3 is 2.50 bits per heavy atom. The summed E-state index contributed by atoms with van der Waals surface area (Å²) in [6, 6.07) is 17.6. The first-order valence-electron chi connectivity index (χ1n) is 9.01. The molecule has 5 heteroatoms. The molecular weight excluding hydrogens is 344 g/mol. The van der Waals surface area contributed by atoms with E-state index in [0.717, 1.165) is 30.0 Å². The molecule has 2 heterocycles. The third-order valence-corrected chi connectivity index (χ3v) is 7.16. The van der Waals surface area contributed by atoms with Gasteiger partial charge in [-0.05, 0) is 42.9 Å². The molecule has 4 rings (SSSR count). The molecule has 0 spiro atoms. The number of piperidine rings is 1. The summed E-state index contributed by atoms with van der Waals surface area (Å²) in [5.41, 5.74) is 1.33. The molecule has 0 aliphatic carbocycles. The summed E-state index contributed by atoms with van der Waals surface area (Å²) < 4.78 is 28.0. The normalized spacial score (nSPS) is 16.8. The number of hydrogen-bond donors (Lipinski definition) is 0. The minimum absolute atomic E-state index is 0.388. The van der Waals surface area contributed by atoms with Crippen molar-refractivity contribution < 1.29 is 8.42 Å². The van der Waals surface area contributed by atoms with Gasteiger partial charge in [0.1, 0.15) is 0 Å². The molecular formula is C21H22N2O2S. The van der Waals surface area contributed by atoms with Crippen molar-refractivity contribution in [3.8, 4) is 0 Å². The van der Waals surface area contributed by atoms with Crippen molar-refractivity contribution in [1.82, 2.24) is 9.29 Å². The second-order valence-electron chi connectivity index (χ2n) is 6.89. The van der Waals surface area contributed by atoms with Gasteiger partial charge in [-0.3, -0.25) is 4.98 Å². The highest BCUT2D eigenvalue weighted by Crippen LogP contribution is 2.29. The fourth-order valence-electron chi connectivity index (χ4n) is 3.76. The highest BCUT2D eigenvalue weighted by Gasteiger charge is 2.30. The van der Waals surface area contributed by atoms with Crippen molar-refractivity contribution in [3.63, 3.8) is 0 Å². The third kappa shape index (κ3) is 3.37. The minimum Gasteiger partial charge on any atom is -0.264 e. The summed E-state index contributed by atoms with van der Waals surface area (Å²) in [5.74, 6) is 0.542. The molecule has 1 fully saturated rings. The van der Waals surface area contributed by atoms with Crippen LogP contribution in [-0.2, 0) is 16.4 Å². The van der Waals surface area contributed by atoms with E-state index in [2.05, 4.69) is 29.2 Å². The number of rotatable bonds is 4. The standard InChI is InChI=1S/C21H22N2O2S/c24-26(25,21-8-4-7-19-16-22-12-9-20(19)21)23-13-10-18(11-14-23)15-17-5-2-1-3-6-17/h1-9,12,16,18H,10-11,13-15H2. The fourth-order valence-corrected chi connectivity index (χ4v) is 5.44. The van der Waals surface area contributed by atoms with Gasteiger partial charge in [-0.1, -0.05) is 42.5 Å². The number of hydrogen-bond acceptors (Lipinski definition) is 3. The van der Waals surface area contributed by atoms with Gasteiger partial charge in [0.2, 0.25) is 10.0 Å². The lowest BCUT2D eigenvalue weighted by molar-refractivity contribution is 0.273. The summed E-state index contributed by atoms with van der Waals surface area (Å²) >= 11 is 0. The Hall–Kier alpha value is -2.24. The van der Waals surface area contributed by atoms with Gasteiger partial charge >= 0.3 is 0 Å². The zero-order chi connectivity index (χ0) is 18.0. The van der Waals surface area contributed by atoms with Gasteiger partial charge < -0.3 is 0 Å². The van der Waals surface area contributed by atoms with E-state index in [1.54, 1.807) is 34.9 Å². The van der Waals surface area contributed by atoms with Gasteiger partial charge in [0.25, 0.3) is 0 Å². The smallest absolute Gasteiger partial charge is 0.243 e. The SMILES string of the molecule is O=S(=O)(c1cccc2cnccc12)N1CCC(Cc2ccccc2)CC1. The first-order chi connectivity index (χ1) is 12.6. The lowest BCUT2D eigenvalue weighted by atomic mass is 9.91. The molecule has 0 saturated carbocycles. The molecule has 1 aliphatic rings. The Morgan fingerprint density at radius 1 is 0.962 bits per heavy atom. The lowest BCUT2D eigenvalue weighted by Gasteiger charge is -2.31. The van der Waals surface area contributed by atoms with E-state index in [1.165, 1.54) is 5.56 Å². The maximum atomic E-state index is 13.2. The number of nitrogens with zero attached hydrogens (tertiary/aromatic N) is 2. The lowest BCUT2D eigenvalue weighted by Crippen LogP contribution is -2.38. The van der Waals surface area contributed by atoms with Crippen molar-refractivity contribution in [2.75, 3.05) is 13.1 Å². The monoisotopic (exact) mass is 366 g/mol. The molecule has 0 unspecified atom stereocenters. The molecule has 4 nitrogen and oxygen atoms in total. The predicted octanol–water partition coefficient (Wildman–Crippen LogP) is 3.88. The van der Waals surface area contributed by atoms with Crippen LogP contribution in [0.15, 0.2) is 71.9 Å². The van der Waals surface area contributed by atoms with Crippen LogP contribution in [0, 0.1) is 5.92 Å². The van der Waals surface area contributed by atoms with Crippen LogP contribution in [0.1, 0.15) is 18.4 Å². The van der Waals surface area contributed by atoms with Crippen molar-refractivity contribution in [1.29, 1.82) is 0 Å². The zero-order valence-corrected chi connectivity index (χ0v) is 15.4. The molecule has 134 valence electrons. The van der Waals surface area contributed by atoms with E-state index in [9.17, 15) is 8.42 Å². The summed E-state index contributed by atoms with van der Waals surface area (Å²) in [7, 11) is -3.48. The molecule has 1 aromatic heterocycles. The highest BCUT2D eigenvalue weighted by molar-refractivity contribution is 7.89. The average Bonchev–Trinajstić information content (AvgIpc) is 2.69. The number of aromatic nitrogens is 1. The second kappa shape index (κ2) is 7.17. The van der Waals surface area contributed by atoms with Gasteiger partial charge in [0.05, 0.1) is 4.90 Å². The van der Waals surface area contributed by atoms with Gasteiger partial charge in [-0.2, -0.15) is 4.31 Å². The van der Waals surface area contributed by atoms with Crippen LogP contribution in [0.4, 0.5) is 0 Å². The van der Waals surface area contributed by atoms with Crippen LogP contribution < -0.4 is 0 Å². The minimum atomic E-state index is -3.48. The summed E-state index contributed by atoms with van der Waals surface area (Å²) in [4.78, 5) is 4.48. The molecule has 0 atom stereocenters. The first-order valence-corrected chi connectivity index (χ1v) is 10.5. The number of sulfonamides is 1. The van der Waals surface area contributed by atoms with Crippen LogP contribution in [-0.4, -0.2) is 30.8 Å². The number of benzene rings is 2. The fraction of sp³-hybridized carbons (Fsp3) is 0.286. The maximum Gasteiger partial charge on any atom is 0.243 e. The zero-order valence-electron chi connectivity index (χ0n) is 14.6. The third-order valence-electron chi connectivity index (χ3n) is 5.20. The van der Waals surface area contributed by atoms with Crippen LogP contribution >= 0.6 is 0 Å². The van der Waals surface area contributed by atoms with Gasteiger partial charge in [0.15, 0.2) is 0 Å². The molecule has 3 aromatic rings. The largest absolute Gasteiger partial charge is 0.264 e. The van der Waals surface area contributed by atoms with E-state index in [-0.39, 0.29) is 0 Å². The Bertz CT molecular complexity index is 989. The Kier molecular flexibility index (Phi) is 4.74. The number of fused-ring (bicyclic) bond motifs is 1. The van der Waals surface area contributed by atoms with Crippen molar-refractivity contribution in [3.05, 3.63) is 72.6 Å². The van der Waals surface area contributed by atoms with Crippen molar-refractivity contribution in [2.45, 2.75) is 24.2 Å². The molecule has 0 amide bonds. The topological polar surface area (TPSA) is 50.3 Å². The Morgan fingerprint density at radius 2 is 1.73 bits per heavy atom. The highest BCUT2D eigenvalue weighted by atomic mass is 32.2. The van der Waals surface area contributed by atoms with Gasteiger partial charge in [0, 0.05) is 36.3 Å². The molecule has 26 heavy (non-hydrogen) atoms. The summed E-state index contributed by atoms with van der Waals surface area (Å²) in [5, 5.41) is 1.60. The van der Waals surface area contributed by atoms with E-state index in [4.69, 9.17) is 0 Å². The molecule has 0 bridgehead atoms. The summed E-state index contributed by atoms with van der Waals surface area (Å²) in [6.07, 6.45) is 6.18. The van der Waals surface area contributed by atoms with Gasteiger partial charge in [-0.15, -0.1) is 0 Å². The molecule has 2 aromatic carbocycles. The van der Waals surface area contributed by atoms with Crippen LogP contribution in [0.5, 0.6) is 0 Å². The Labute approximate surface area is 154 Å². The summed E-state index contributed by atoms with van der Waals surface area (Å²) in [6.45, 7) is 1.17. The van der Waals surface area contributed by atoms with E-state index < -0.39 is 10.0 Å². The van der Waals surface area contributed by atoms with Crippen LogP contribution in [0.2, 0.25) is 0 Å². The van der Waals surface area contributed by atoms with Gasteiger partial charge in [-0.25, -0.2) is 8.42 Å². The predicted molar refractivity (Wildman–Crippen MR) is 103 cm³/mol. The van der Waals surface area contributed by atoms with E-state index in [1.807, 2.05) is 12.1 Å². The Balaban J connectivity index is 1.51. The van der Waals surface area contributed by atoms with Crippen molar-refractivity contribution in [2.24, 2.45) is 5.92 Å². The molecule has 1 aliphatic heterocycles. The second-order valence-corrected chi connectivity index (χ2v) is 8.80.